The maximum atomic E-state index is 12.9. The second-order valence-corrected chi connectivity index (χ2v) is 7.39. The van der Waals surface area contributed by atoms with Crippen molar-refractivity contribution in [3.05, 3.63) is 17.0 Å². The summed E-state index contributed by atoms with van der Waals surface area (Å²) in [6.45, 7) is 3.01. The molecule has 1 saturated carbocycles. The van der Waals surface area contributed by atoms with Crippen LogP contribution in [0.2, 0.25) is 0 Å². The van der Waals surface area contributed by atoms with E-state index in [4.69, 9.17) is 0 Å². The average molecular weight is 318 g/mol. The van der Waals surface area contributed by atoms with Crippen LogP contribution in [0.5, 0.6) is 0 Å². The molecule has 2 aliphatic heterocycles. The Morgan fingerprint density at radius 3 is 2.78 bits per heavy atom. The quantitative estimate of drug-likeness (QED) is 0.834. The van der Waals surface area contributed by atoms with Gasteiger partial charge in [0.2, 0.25) is 5.91 Å². The number of nitrogens with one attached hydrogen (secondary N) is 1. The molecule has 2 fully saturated rings. The maximum Gasteiger partial charge on any atom is 0.229 e. The second kappa shape index (κ2) is 5.91. The van der Waals surface area contributed by atoms with Crippen LogP contribution in [-0.2, 0) is 17.6 Å². The highest BCUT2D eigenvalue weighted by Gasteiger charge is 2.36. The number of hydrogen-bond donors (Lipinski definition) is 2. The first kappa shape index (κ1) is 15.1. The summed E-state index contributed by atoms with van der Waals surface area (Å²) in [5.74, 6) is 0.493. The van der Waals surface area contributed by atoms with Gasteiger partial charge >= 0.3 is 0 Å². The van der Waals surface area contributed by atoms with E-state index in [2.05, 4.69) is 15.1 Å². The molecule has 1 amide bonds. The van der Waals surface area contributed by atoms with Crippen LogP contribution in [0.15, 0.2) is 0 Å². The average Bonchev–Trinajstić information content (AvgIpc) is 3.34. The first-order valence-electron chi connectivity index (χ1n) is 8.85. The molecule has 1 aromatic rings. The molecular weight excluding hydrogens is 292 g/mol. The number of carbonyl (C=O) groups is 1. The fraction of sp³-hybridized carbons (Fsp3) is 0.765. The third-order valence-electron chi connectivity index (χ3n) is 5.62. The lowest BCUT2D eigenvalue weighted by Gasteiger charge is -2.36. The Kier molecular flexibility index (Phi) is 3.89. The molecule has 0 unspecified atom stereocenters. The molecule has 0 bridgehead atoms. The van der Waals surface area contributed by atoms with E-state index in [1.54, 1.807) is 0 Å². The summed E-state index contributed by atoms with van der Waals surface area (Å²) in [6, 6.07) is 0. The maximum absolute atomic E-state index is 12.9. The summed E-state index contributed by atoms with van der Waals surface area (Å²) in [5.41, 5.74) is 3.80. The fourth-order valence-electron chi connectivity index (χ4n) is 4.00. The van der Waals surface area contributed by atoms with Crippen molar-refractivity contribution in [2.24, 2.45) is 5.92 Å². The Morgan fingerprint density at radius 1 is 1.22 bits per heavy atom. The van der Waals surface area contributed by atoms with E-state index in [1.165, 1.54) is 29.8 Å². The molecule has 6 nitrogen and oxygen atoms in total. The summed E-state index contributed by atoms with van der Waals surface area (Å²) in [5, 5.41) is 17.9. The zero-order valence-corrected chi connectivity index (χ0v) is 13.8. The number of hydrogen-bond acceptors (Lipinski definition) is 4. The third-order valence-corrected chi connectivity index (χ3v) is 5.62. The number of aromatic nitrogens is 2. The lowest BCUT2D eigenvalue weighted by Crippen LogP contribution is -2.50. The molecule has 6 heteroatoms. The lowest BCUT2D eigenvalue weighted by atomic mass is 9.93. The van der Waals surface area contributed by atoms with Gasteiger partial charge in [0.25, 0.3) is 0 Å². The smallest absolute Gasteiger partial charge is 0.229 e. The Hall–Kier alpha value is -1.40. The number of piperidine rings is 1. The number of H-pyrrole nitrogens is 1. The van der Waals surface area contributed by atoms with Gasteiger partial charge in [0.1, 0.15) is 0 Å². The van der Waals surface area contributed by atoms with Crippen LogP contribution in [0.25, 0.3) is 0 Å². The minimum atomic E-state index is -0.497. The molecule has 3 heterocycles. The Balaban J connectivity index is 1.46. The van der Waals surface area contributed by atoms with Crippen LogP contribution in [-0.4, -0.2) is 70.3 Å². The molecule has 0 spiro atoms. The summed E-state index contributed by atoms with van der Waals surface area (Å²) >= 11 is 0. The molecule has 0 radical (unpaired) electrons. The van der Waals surface area contributed by atoms with Gasteiger partial charge in [-0.15, -0.1) is 0 Å². The van der Waals surface area contributed by atoms with Gasteiger partial charge in [-0.2, -0.15) is 5.10 Å². The van der Waals surface area contributed by atoms with Crippen molar-refractivity contribution in [2.75, 3.05) is 33.2 Å². The van der Waals surface area contributed by atoms with Gasteiger partial charge < -0.3 is 14.9 Å². The fourth-order valence-corrected chi connectivity index (χ4v) is 4.00. The van der Waals surface area contributed by atoms with Gasteiger partial charge in [-0.1, -0.05) is 0 Å². The van der Waals surface area contributed by atoms with Crippen LogP contribution in [0.4, 0.5) is 0 Å². The highest BCUT2D eigenvalue weighted by atomic mass is 16.3. The van der Waals surface area contributed by atoms with Gasteiger partial charge in [0, 0.05) is 44.2 Å². The number of aromatic amines is 1. The monoisotopic (exact) mass is 318 g/mol. The largest absolute Gasteiger partial charge is 0.392 e. The number of fused-ring (bicyclic) bond motifs is 1. The summed E-state index contributed by atoms with van der Waals surface area (Å²) in [7, 11) is 2.02. The normalized spacial score (nSPS) is 29.2. The van der Waals surface area contributed by atoms with Gasteiger partial charge in [-0.25, -0.2) is 0 Å². The zero-order chi connectivity index (χ0) is 16.0. The van der Waals surface area contributed by atoms with Gasteiger partial charge in [0.15, 0.2) is 0 Å². The van der Waals surface area contributed by atoms with Crippen molar-refractivity contribution >= 4 is 5.91 Å². The van der Waals surface area contributed by atoms with E-state index < -0.39 is 6.10 Å². The van der Waals surface area contributed by atoms with Gasteiger partial charge in [-0.3, -0.25) is 9.89 Å². The predicted octanol–water partition coefficient (Wildman–Crippen LogP) is 0.527. The summed E-state index contributed by atoms with van der Waals surface area (Å²) in [4.78, 5) is 17.0. The topological polar surface area (TPSA) is 72.5 Å². The van der Waals surface area contributed by atoms with E-state index in [0.29, 0.717) is 18.9 Å². The van der Waals surface area contributed by atoms with Crippen molar-refractivity contribution < 1.29 is 9.90 Å². The number of amides is 1. The molecule has 2 atom stereocenters. The summed E-state index contributed by atoms with van der Waals surface area (Å²) < 4.78 is 0. The second-order valence-electron chi connectivity index (χ2n) is 7.39. The standard InChI is InChI=1S/C17H26N4O2/c1-20-7-6-15(22)13(10-20)17(23)21-8-4-12-14(5-9-21)18-19-16(12)11-2-3-11/h11,13,15,22H,2-10H2,1H3,(H,18,19)/t13-,15+/m1/s1. The van der Waals surface area contributed by atoms with Crippen LogP contribution in [0.1, 0.15) is 42.1 Å². The molecule has 0 aromatic carbocycles. The van der Waals surface area contributed by atoms with Gasteiger partial charge in [-0.05, 0) is 38.3 Å². The third kappa shape index (κ3) is 2.90. The number of aliphatic hydroxyl groups is 1. The highest BCUT2D eigenvalue weighted by Crippen LogP contribution is 2.41. The van der Waals surface area contributed by atoms with Crippen molar-refractivity contribution in [2.45, 2.75) is 44.1 Å². The number of likely N-dealkylation sites (tertiary alicyclic amines) is 1. The Bertz CT molecular complexity index is 595. The first-order chi connectivity index (χ1) is 11.1. The van der Waals surface area contributed by atoms with Crippen molar-refractivity contribution in [3.8, 4) is 0 Å². The number of aliphatic hydroxyl groups excluding tert-OH is 1. The minimum absolute atomic E-state index is 0.120. The zero-order valence-electron chi connectivity index (χ0n) is 13.8. The molecule has 1 saturated heterocycles. The minimum Gasteiger partial charge on any atom is -0.392 e. The molecule has 1 aliphatic carbocycles. The molecule has 23 heavy (non-hydrogen) atoms. The first-order valence-corrected chi connectivity index (χ1v) is 8.85. The molecule has 126 valence electrons. The summed E-state index contributed by atoms with van der Waals surface area (Å²) in [6.07, 6.45) is 4.43. The van der Waals surface area contributed by atoms with E-state index in [0.717, 1.165) is 32.5 Å². The SMILES string of the molecule is CN1CC[C@H](O)[C@H](C(=O)N2CCc3[nH]nc(C4CC4)c3CC2)C1. The molecule has 3 aliphatic rings. The molecular formula is C17H26N4O2. The molecule has 2 N–H and O–H groups in total. The van der Waals surface area contributed by atoms with Crippen molar-refractivity contribution in [1.29, 1.82) is 0 Å². The number of carbonyl (C=O) groups excluding carboxylic acids is 1. The number of nitrogens with zero attached hydrogens (tertiary/aromatic N) is 3. The predicted molar refractivity (Wildman–Crippen MR) is 86.2 cm³/mol. The Morgan fingerprint density at radius 2 is 2.00 bits per heavy atom. The highest BCUT2D eigenvalue weighted by molar-refractivity contribution is 5.80. The van der Waals surface area contributed by atoms with Crippen LogP contribution < -0.4 is 0 Å². The van der Waals surface area contributed by atoms with Crippen LogP contribution in [0, 0.1) is 5.92 Å². The molecule has 4 rings (SSSR count). The lowest BCUT2D eigenvalue weighted by molar-refractivity contribution is -0.142. The van der Waals surface area contributed by atoms with Crippen molar-refractivity contribution in [1.82, 2.24) is 20.0 Å². The van der Waals surface area contributed by atoms with E-state index >= 15 is 0 Å². The van der Waals surface area contributed by atoms with E-state index in [1.807, 2.05) is 11.9 Å². The van der Waals surface area contributed by atoms with E-state index in [9.17, 15) is 9.90 Å². The van der Waals surface area contributed by atoms with Crippen molar-refractivity contribution in [3.63, 3.8) is 0 Å². The Labute approximate surface area is 136 Å². The molecule has 1 aromatic heterocycles. The van der Waals surface area contributed by atoms with Gasteiger partial charge in [0.05, 0.1) is 17.7 Å². The van der Waals surface area contributed by atoms with E-state index in [-0.39, 0.29) is 11.8 Å². The van der Waals surface area contributed by atoms with Crippen LogP contribution in [0.3, 0.4) is 0 Å². The van der Waals surface area contributed by atoms with Crippen LogP contribution >= 0.6 is 0 Å². The number of rotatable bonds is 2.